The van der Waals surface area contributed by atoms with Gasteiger partial charge in [0.1, 0.15) is 5.82 Å². The van der Waals surface area contributed by atoms with Crippen molar-refractivity contribution >= 4 is 5.82 Å². The molecule has 0 radical (unpaired) electrons. The van der Waals surface area contributed by atoms with Gasteiger partial charge in [-0.3, -0.25) is 9.48 Å². The van der Waals surface area contributed by atoms with Gasteiger partial charge in [-0.25, -0.2) is 0 Å². The highest BCUT2D eigenvalue weighted by Crippen LogP contribution is 1.85. The third kappa shape index (κ3) is 0.975. The zero-order valence-electron chi connectivity index (χ0n) is 5.83. The van der Waals surface area contributed by atoms with Gasteiger partial charge < -0.3 is 5.73 Å². The molecule has 2 N–H and O–H groups in total. The zero-order valence-corrected chi connectivity index (χ0v) is 5.83. The van der Waals surface area contributed by atoms with E-state index in [1.54, 1.807) is 14.0 Å². The van der Waals surface area contributed by atoms with E-state index in [2.05, 4.69) is 10.1 Å². The minimum absolute atomic E-state index is 0.0619. The summed E-state index contributed by atoms with van der Waals surface area (Å²) in [6.07, 6.45) is 0. The third-order valence-corrected chi connectivity index (χ3v) is 1.21. The third-order valence-electron chi connectivity index (χ3n) is 1.21. The van der Waals surface area contributed by atoms with Crippen LogP contribution in [0.3, 0.4) is 0 Å². The Kier molecular flexibility index (Phi) is 1.41. The van der Waals surface area contributed by atoms with E-state index in [0.717, 1.165) is 0 Å². The molecule has 1 rings (SSSR count). The number of hydrogen-bond donors (Lipinski definition) is 1. The van der Waals surface area contributed by atoms with E-state index in [4.69, 9.17) is 5.73 Å². The van der Waals surface area contributed by atoms with Crippen molar-refractivity contribution in [3.05, 3.63) is 16.2 Å². The van der Waals surface area contributed by atoms with E-state index in [-0.39, 0.29) is 5.82 Å². The van der Waals surface area contributed by atoms with Crippen LogP contribution in [0, 0.1) is 6.92 Å². The van der Waals surface area contributed by atoms with Crippen LogP contribution in [0.1, 0.15) is 5.82 Å². The van der Waals surface area contributed by atoms with E-state index in [1.807, 2.05) is 0 Å². The van der Waals surface area contributed by atoms with Gasteiger partial charge in [-0.15, -0.1) is 5.10 Å². The predicted octanol–water partition coefficient (Wildman–Crippen LogP) is -0.934. The van der Waals surface area contributed by atoms with Crippen molar-refractivity contribution in [2.45, 2.75) is 6.92 Å². The smallest absolute Gasteiger partial charge is 0.315 e. The molecule has 0 aromatic carbocycles. The molecule has 54 valence electrons. The molecule has 0 spiro atoms. The molecule has 0 saturated carbocycles. The second-order valence-electron chi connectivity index (χ2n) is 1.97. The van der Waals surface area contributed by atoms with Crippen LogP contribution in [0.15, 0.2) is 4.79 Å². The van der Waals surface area contributed by atoms with E-state index >= 15 is 0 Å². The number of rotatable bonds is 0. The fourth-order valence-corrected chi connectivity index (χ4v) is 0.553. The molecule has 0 atom stereocenters. The van der Waals surface area contributed by atoms with Crippen molar-refractivity contribution in [3.63, 3.8) is 0 Å². The lowest BCUT2D eigenvalue weighted by Gasteiger charge is -1.99. The highest BCUT2D eigenvalue weighted by molar-refractivity contribution is 5.20. The summed E-state index contributed by atoms with van der Waals surface area (Å²) in [4.78, 5) is 14.3. The summed E-state index contributed by atoms with van der Waals surface area (Å²) in [5, 5.41) is 3.69. The molecule has 0 aliphatic carbocycles. The fraction of sp³-hybridized carbons (Fsp3) is 0.400. The molecule has 1 aromatic rings. The van der Waals surface area contributed by atoms with Gasteiger partial charge in [-0.05, 0) is 6.92 Å². The van der Waals surface area contributed by atoms with Gasteiger partial charge >= 0.3 is 5.56 Å². The van der Waals surface area contributed by atoms with Gasteiger partial charge in [0.25, 0.3) is 0 Å². The molecular weight excluding hydrogens is 132 g/mol. The monoisotopic (exact) mass is 140 g/mol. The first-order chi connectivity index (χ1) is 4.61. The van der Waals surface area contributed by atoms with E-state index in [9.17, 15) is 4.79 Å². The fourth-order valence-electron chi connectivity index (χ4n) is 0.553. The molecule has 5 heteroatoms. The molecule has 1 aromatic heterocycles. The first-order valence-electron chi connectivity index (χ1n) is 2.78. The Morgan fingerprint density at radius 2 is 2.20 bits per heavy atom. The minimum atomic E-state index is -0.462. The lowest BCUT2D eigenvalue weighted by molar-refractivity contribution is 0.675. The van der Waals surface area contributed by atoms with Crippen molar-refractivity contribution < 1.29 is 0 Å². The summed E-state index contributed by atoms with van der Waals surface area (Å²) >= 11 is 0. The minimum Gasteiger partial charge on any atom is -0.378 e. The zero-order chi connectivity index (χ0) is 7.72. The molecule has 1 heterocycles. The van der Waals surface area contributed by atoms with E-state index in [1.165, 1.54) is 4.68 Å². The molecular formula is C5H8N4O. The Bertz CT molecular complexity index is 303. The van der Waals surface area contributed by atoms with E-state index < -0.39 is 5.56 Å². The van der Waals surface area contributed by atoms with Crippen LogP contribution in [0.4, 0.5) is 5.82 Å². The van der Waals surface area contributed by atoms with Gasteiger partial charge in [-0.2, -0.15) is 4.98 Å². The average molecular weight is 140 g/mol. The summed E-state index contributed by atoms with van der Waals surface area (Å²) in [7, 11) is 1.68. The maximum atomic E-state index is 10.7. The van der Waals surface area contributed by atoms with Gasteiger partial charge in [-0.1, -0.05) is 0 Å². The molecule has 5 nitrogen and oxygen atoms in total. The van der Waals surface area contributed by atoms with Crippen LogP contribution >= 0.6 is 0 Å². The van der Waals surface area contributed by atoms with Gasteiger partial charge in [0, 0.05) is 7.05 Å². The van der Waals surface area contributed by atoms with Crippen LogP contribution in [0.25, 0.3) is 0 Å². The number of anilines is 1. The summed E-state index contributed by atoms with van der Waals surface area (Å²) in [5.74, 6) is 0.493. The van der Waals surface area contributed by atoms with Crippen LogP contribution in [-0.2, 0) is 7.05 Å². The summed E-state index contributed by atoms with van der Waals surface area (Å²) in [6, 6.07) is 0. The second kappa shape index (κ2) is 2.09. The Morgan fingerprint density at radius 1 is 1.60 bits per heavy atom. The normalized spacial score (nSPS) is 9.80. The number of nitrogens with two attached hydrogens (primary N) is 1. The number of nitrogens with zero attached hydrogens (tertiary/aromatic N) is 3. The molecule has 10 heavy (non-hydrogen) atoms. The maximum absolute atomic E-state index is 10.7. The topological polar surface area (TPSA) is 73.8 Å². The standard InChI is InChI=1S/C5H8N4O/c1-3-7-5(10)4(6)8-9(3)2/h1-2H3,(H2,6,8). The predicted molar refractivity (Wildman–Crippen MR) is 36.4 cm³/mol. The molecule has 0 fully saturated rings. The van der Waals surface area contributed by atoms with Crippen molar-refractivity contribution in [2.24, 2.45) is 7.05 Å². The Balaban J connectivity index is 3.43. The maximum Gasteiger partial charge on any atom is 0.315 e. The van der Waals surface area contributed by atoms with Crippen LogP contribution in [0.2, 0.25) is 0 Å². The number of aromatic nitrogens is 3. The van der Waals surface area contributed by atoms with Crippen LogP contribution in [0.5, 0.6) is 0 Å². The lowest BCUT2D eigenvalue weighted by atomic mass is 10.6. The molecule has 0 saturated heterocycles. The van der Waals surface area contributed by atoms with Crippen LogP contribution in [-0.4, -0.2) is 14.8 Å². The Hall–Kier alpha value is -1.39. The lowest BCUT2D eigenvalue weighted by Crippen LogP contribution is -2.20. The Morgan fingerprint density at radius 3 is 2.70 bits per heavy atom. The van der Waals surface area contributed by atoms with Crippen molar-refractivity contribution in [2.75, 3.05) is 5.73 Å². The van der Waals surface area contributed by atoms with E-state index in [0.29, 0.717) is 5.82 Å². The number of nitrogen functional groups attached to an aromatic ring is 1. The summed E-state index contributed by atoms with van der Waals surface area (Å²) < 4.78 is 1.46. The highest BCUT2D eigenvalue weighted by Gasteiger charge is 1.98. The van der Waals surface area contributed by atoms with Gasteiger partial charge in [0.05, 0.1) is 0 Å². The average Bonchev–Trinajstić information content (AvgIpc) is 1.84. The van der Waals surface area contributed by atoms with Crippen molar-refractivity contribution in [3.8, 4) is 0 Å². The second-order valence-corrected chi connectivity index (χ2v) is 1.97. The molecule has 0 aliphatic heterocycles. The largest absolute Gasteiger partial charge is 0.378 e. The first kappa shape index (κ1) is 6.73. The number of aryl methyl sites for hydroxylation is 2. The SMILES string of the molecule is Cc1nc(=O)c(N)nn1C. The Labute approximate surface area is 57.5 Å². The highest BCUT2D eigenvalue weighted by atomic mass is 16.1. The van der Waals surface area contributed by atoms with Crippen LogP contribution < -0.4 is 11.3 Å². The van der Waals surface area contributed by atoms with Crippen molar-refractivity contribution in [1.29, 1.82) is 0 Å². The van der Waals surface area contributed by atoms with Crippen molar-refractivity contribution in [1.82, 2.24) is 14.8 Å². The molecule has 0 amide bonds. The summed E-state index contributed by atoms with van der Waals surface area (Å²) in [5.41, 5.74) is 4.72. The first-order valence-corrected chi connectivity index (χ1v) is 2.78. The van der Waals surface area contributed by atoms with Gasteiger partial charge in [0.2, 0.25) is 5.82 Å². The van der Waals surface area contributed by atoms with Gasteiger partial charge in [0.15, 0.2) is 0 Å². The molecule has 0 unspecified atom stereocenters. The summed E-state index contributed by atoms with van der Waals surface area (Å²) in [6.45, 7) is 1.69. The molecule has 0 bridgehead atoms. The number of hydrogen-bond acceptors (Lipinski definition) is 4. The quantitative estimate of drug-likeness (QED) is 0.505. The molecule has 0 aliphatic rings.